The lowest BCUT2D eigenvalue weighted by atomic mass is 10.0. The predicted molar refractivity (Wildman–Crippen MR) is 87.0 cm³/mol. The first-order valence-electron chi connectivity index (χ1n) is 7.60. The molecule has 0 saturated heterocycles. The Morgan fingerprint density at radius 1 is 1.21 bits per heavy atom. The molecule has 0 amide bonds. The van der Waals surface area contributed by atoms with Gasteiger partial charge in [-0.3, -0.25) is 0 Å². The molecule has 0 aromatic carbocycles. The first-order valence-corrected chi connectivity index (χ1v) is 10.5. The van der Waals surface area contributed by atoms with Crippen LogP contribution in [0, 0.1) is 5.92 Å². The molecule has 2 atom stereocenters. The molecule has 114 valence electrons. The molecule has 0 aliphatic carbocycles. The zero-order chi connectivity index (χ0) is 15.1. The average Bonchev–Trinajstić information content (AvgIpc) is 2.29. The normalized spacial score (nSPS) is 16.8. The molecular formula is C16H34O2Si. The molecule has 0 bridgehead atoms. The fraction of sp³-hybridized carbons (Fsp3) is 0.875. The molecule has 0 heterocycles. The van der Waals surface area contributed by atoms with E-state index in [2.05, 4.69) is 53.8 Å². The van der Waals surface area contributed by atoms with Crippen molar-refractivity contribution >= 4 is 8.32 Å². The van der Waals surface area contributed by atoms with Gasteiger partial charge in [-0.05, 0) is 30.5 Å². The van der Waals surface area contributed by atoms with Crippen molar-refractivity contribution in [3.63, 3.8) is 0 Å². The maximum absolute atomic E-state index is 9.96. The number of aliphatic hydroxyl groups is 1. The minimum Gasteiger partial charge on any atom is -0.414 e. The van der Waals surface area contributed by atoms with Gasteiger partial charge in [-0.1, -0.05) is 59.6 Å². The third-order valence-electron chi connectivity index (χ3n) is 4.10. The second-order valence-corrected chi connectivity index (χ2v) is 12.0. The first kappa shape index (κ1) is 18.9. The lowest BCUT2D eigenvalue weighted by Crippen LogP contribution is -2.42. The van der Waals surface area contributed by atoms with E-state index in [0.717, 1.165) is 0 Å². The quantitative estimate of drug-likeness (QED) is 0.515. The van der Waals surface area contributed by atoms with Crippen LogP contribution < -0.4 is 0 Å². The molecule has 1 N–H and O–H groups in total. The topological polar surface area (TPSA) is 29.5 Å². The molecule has 19 heavy (non-hydrogen) atoms. The van der Waals surface area contributed by atoms with E-state index >= 15 is 0 Å². The smallest absolute Gasteiger partial charge is 0.192 e. The summed E-state index contributed by atoms with van der Waals surface area (Å²) in [4.78, 5) is 0. The highest BCUT2D eigenvalue weighted by atomic mass is 28.4. The van der Waals surface area contributed by atoms with Gasteiger partial charge < -0.3 is 9.53 Å². The number of aliphatic hydroxyl groups excluding tert-OH is 1. The highest BCUT2D eigenvalue weighted by Gasteiger charge is 2.37. The van der Waals surface area contributed by atoms with Crippen molar-refractivity contribution in [1.82, 2.24) is 0 Å². The van der Waals surface area contributed by atoms with Gasteiger partial charge in [0.1, 0.15) is 0 Å². The third kappa shape index (κ3) is 7.90. The summed E-state index contributed by atoms with van der Waals surface area (Å²) < 4.78 is 6.01. The fourth-order valence-corrected chi connectivity index (χ4v) is 2.53. The van der Waals surface area contributed by atoms with Gasteiger partial charge in [0.2, 0.25) is 0 Å². The summed E-state index contributed by atoms with van der Waals surface area (Å²) in [6.07, 6.45) is 7.22. The van der Waals surface area contributed by atoms with Crippen molar-refractivity contribution in [2.24, 2.45) is 5.92 Å². The Kier molecular flexibility index (Phi) is 8.17. The minimum absolute atomic E-state index is 0.199. The second kappa shape index (κ2) is 8.23. The highest BCUT2D eigenvalue weighted by molar-refractivity contribution is 6.74. The number of hydrogen-bond acceptors (Lipinski definition) is 2. The zero-order valence-corrected chi connectivity index (χ0v) is 15.0. The molecule has 0 fully saturated rings. The summed E-state index contributed by atoms with van der Waals surface area (Å²) in [5.41, 5.74) is 0. The van der Waals surface area contributed by atoms with E-state index in [0.29, 0.717) is 12.5 Å². The zero-order valence-electron chi connectivity index (χ0n) is 14.0. The standard InChI is InChI=1S/C16H34O2Si/c1-8-9-10-14(2)11-12-15(17)13-18-19(6,7)16(3,4)5/h11-12,14-15,17H,8-10,13H2,1-7H3/b12-11+/t14-,15+/m1/s1. The van der Waals surface area contributed by atoms with Crippen LogP contribution in [0.1, 0.15) is 53.9 Å². The Labute approximate surface area is 121 Å². The van der Waals surface area contributed by atoms with Gasteiger partial charge in [-0.2, -0.15) is 0 Å². The minimum atomic E-state index is -1.74. The van der Waals surface area contributed by atoms with E-state index in [1.165, 1.54) is 19.3 Å². The molecule has 0 aliphatic rings. The largest absolute Gasteiger partial charge is 0.414 e. The molecule has 0 aromatic heterocycles. The Hall–Kier alpha value is -0.123. The van der Waals surface area contributed by atoms with E-state index in [1.54, 1.807) is 0 Å². The van der Waals surface area contributed by atoms with Gasteiger partial charge in [-0.15, -0.1) is 0 Å². The number of rotatable bonds is 8. The molecule has 0 rings (SSSR count). The third-order valence-corrected chi connectivity index (χ3v) is 8.60. The van der Waals surface area contributed by atoms with Gasteiger partial charge in [0, 0.05) is 0 Å². The maximum atomic E-state index is 9.96. The summed E-state index contributed by atoms with van der Waals surface area (Å²) in [6.45, 7) is 15.9. The Bertz CT molecular complexity index is 266. The van der Waals surface area contributed by atoms with Crippen LogP contribution in [0.3, 0.4) is 0 Å². The summed E-state index contributed by atoms with van der Waals surface area (Å²) in [6, 6.07) is 0. The molecule has 0 spiro atoms. The lowest BCUT2D eigenvalue weighted by molar-refractivity contribution is 0.135. The van der Waals surface area contributed by atoms with E-state index in [-0.39, 0.29) is 5.04 Å². The van der Waals surface area contributed by atoms with Crippen molar-refractivity contribution in [1.29, 1.82) is 0 Å². The van der Waals surface area contributed by atoms with E-state index in [9.17, 15) is 5.11 Å². The van der Waals surface area contributed by atoms with Gasteiger partial charge in [0.05, 0.1) is 12.7 Å². The van der Waals surface area contributed by atoms with Gasteiger partial charge in [0.25, 0.3) is 0 Å². The molecule has 0 unspecified atom stereocenters. The van der Waals surface area contributed by atoms with Crippen molar-refractivity contribution < 1.29 is 9.53 Å². The Morgan fingerprint density at radius 2 is 1.79 bits per heavy atom. The number of hydrogen-bond donors (Lipinski definition) is 1. The van der Waals surface area contributed by atoms with Crippen LogP contribution in [0.25, 0.3) is 0 Å². The summed E-state index contributed by atoms with van der Waals surface area (Å²) >= 11 is 0. The van der Waals surface area contributed by atoms with Crippen molar-refractivity contribution in [2.75, 3.05) is 6.61 Å². The average molecular weight is 287 g/mol. The highest BCUT2D eigenvalue weighted by Crippen LogP contribution is 2.36. The molecule has 0 radical (unpaired) electrons. The van der Waals surface area contributed by atoms with Crippen molar-refractivity contribution in [3.8, 4) is 0 Å². The molecular weight excluding hydrogens is 252 g/mol. The van der Waals surface area contributed by atoms with Crippen LogP contribution >= 0.6 is 0 Å². The van der Waals surface area contributed by atoms with E-state index in [1.807, 2.05) is 6.08 Å². The molecule has 0 aromatic rings. The van der Waals surface area contributed by atoms with Crippen molar-refractivity contribution in [2.45, 2.75) is 78.1 Å². The van der Waals surface area contributed by atoms with Gasteiger partial charge in [0.15, 0.2) is 8.32 Å². The van der Waals surface area contributed by atoms with Crippen LogP contribution in [0.2, 0.25) is 18.1 Å². The monoisotopic (exact) mass is 286 g/mol. The van der Waals surface area contributed by atoms with Crippen LogP contribution in [0.15, 0.2) is 12.2 Å². The van der Waals surface area contributed by atoms with Crippen LogP contribution in [0.4, 0.5) is 0 Å². The number of allylic oxidation sites excluding steroid dienone is 1. The Balaban J connectivity index is 4.12. The SMILES string of the molecule is CCCC[C@@H](C)/C=C/[C@H](O)CO[Si](C)(C)C(C)(C)C. The van der Waals surface area contributed by atoms with Crippen LogP contribution in [-0.2, 0) is 4.43 Å². The number of unbranched alkanes of at least 4 members (excludes halogenated alkanes) is 1. The van der Waals surface area contributed by atoms with Crippen LogP contribution in [-0.4, -0.2) is 26.1 Å². The summed E-state index contributed by atoms with van der Waals surface area (Å²) in [5, 5.41) is 10.2. The summed E-state index contributed by atoms with van der Waals surface area (Å²) in [5.74, 6) is 0.544. The maximum Gasteiger partial charge on any atom is 0.192 e. The fourth-order valence-electron chi connectivity index (χ4n) is 1.51. The molecule has 3 heteroatoms. The molecule has 0 aliphatic heterocycles. The molecule has 0 saturated carbocycles. The van der Waals surface area contributed by atoms with E-state index in [4.69, 9.17) is 4.43 Å². The lowest BCUT2D eigenvalue weighted by Gasteiger charge is -2.36. The second-order valence-electron chi connectivity index (χ2n) is 7.14. The molecule has 2 nitrogen and oxygen atoms in total. The first-order chi connectivity index (χ1) is 8.60. The van der Waals surface area contributed by atoms with Crippen molar-refractivity contribution in [3.05, 3.63) is 12.2 Å². The Morgan fingerprint density at radius 3 is 2.26 bits per heavy atom. The van der Waals surface area contributed by atoms with Gasteiger partial charge in [-0.25, -0.2) is 0 Å². The summed E-state index contributed by atoms with van der Waals surface area (Å²) in [7, 11) is -1.74. The van der Waals surface area contributed by atoms with Crippen LogP contribution in [0.5, 0.6) is 0 Å². The van der Waals surface area contributed by atoms with Gasteiger partial charge >= 0.3 is 0 Å². The predicted octanol–water partition coefficient (Wildman–Crippen LogP) is 4.75. The van der Waals surface area contributed by atoms with E-state index < -0.39 is 14.4 Å².